The van der Waals surface area contributed by atoms with Gasteiger partial charge in [0.25, 0.3) is 0 Å². The zero-order chi connectivity index (χ0) is 15.3. The van der Waals surface area contributed by atoms with E-state index in [2.05, 4.69) is 10.6 Å². The standard InChI is InChI=1S/C14H18N2O5/c1-20-11-5-3-2-4-10(11)16-13(18)12(17)15-8-14(19)6-7-21-9-14/h2-5,19H,6-9H2,1H3,(H,15,17)(H,16,18). The average Bonchev–Trinajstić information content (AvgIpc) is 2.92. The van der Waals surface area contributed by atoms with Crippen LogP contribution in [0.4, 0.5) is 5.69 Å². The molecule has 0 bridgehead atoms. The van der Waals surface area contributed by atoms with Crippen molar-refractivity contribution in [3.8, 4) is 5.75 Å². The molecule has 0 saturated carbocycles. The highest BCUT2D eigenvalue weighted by Crippen LogP contribution is 2.22. The number of para-hydroxylation sites is 2. The Morgan fingerprint density at radius 1 is 1.38 bits per heavy atom. The molecule has 1 atom stereocenters. The molecule has 0 aromatic heterocycles. The summed E-state index contributed by atoms with van der Waals surface area (Å²) >= 11 is 0. The van der Waals surface area contributed by atoms with E-state index in [0.29, 0.717) is 24.5 Å². The highest BCUT2D eigenvalue weighted by molar-refractivity contribution is 6.39. The monoisotopic (exact) mass is 294 g/mol. The van der Waals surface area contributed by atoms with Gasteiger partial charge in [0.2, 0.25) is 0 Å². The first-order valence-corrected chi connectivity index (χ1v) is 6.56. The summed E-state index contributed by atoms with van der Waals surface area (Å²) in [5.74, 6) is -1.18. The number of aliphatic hydroxyl groups is 1. The zero-order valence-electron chi connectivity index (χ0n) is 11.7. The fourth-order valence-corrected chi connectivity index (χ4v) is 1.99. The number of benzene rings is 1. The maximum atomic E-state index is 11.8. The first kappa shape index (κ1) is 15.3. The van der Waals surface area contributed by atoms with E-state index in [1.54, 1.807) is 24.3 Å². The van der Waals surface area contributed by atoms with E-state index < -0.39 is 17.4 Å². The second-order valence-corrected chi connectivity index (χ2v) is 4.86. The summed E-state index contributed by atoms with van der Waals surface area (Å²) in [5.41, 5.74) is -0.691. The van der Waals surface area contributed by atoms with Crippen LogP contribution in [0.15, 0.2) is 24.3 Å². The Labute approximate surface area is 122 Å². The van der Waals surface area contributed by atoms with E-state index in [1.165, 1.54) is 7.11 Å². The third kappa shape index (κ3) is 3.93. The van der Waals surface area contributed by atoms with Crippen LogP contribution in [-0.2, 0) is 14.3 Å². The first-order chi connectivity index (χ1) is 10.0. The Bertz CT molecular complexity index is 526. The maximum Gasteiger partial charge on any atom is 0.313 e. The highest BCUT2D eigenvalue weighted by atomic mass is 16.5. The van der Waals surface area contributed by atoms with Crippen molar-refractivity contribution in [1.82, 2.24) is 5.32 Å². The summed E-state index contributed by atoms with van der Waals surface area (Å²) in [7, 11) is 1.47. The van der Waals surface area contributed by atoms with Crippen molar-refractivity contribution in [3.05, 3.63) is 24.3 Å². The lowest BCUT2D eigenvalue weighted by molar-refractivity contribution is -0.136. The molecule has 1 aromatic carbocycles. The lowest BCUT2D eigenvalue weighted by Gasteiger charge is -2.20. The van der Waals surface area contributed by atoms with Gasteiger partial charge in [-0.25, -0.2) is 0 Å². The van der Waals surface area contributed by atoms with E-state index in [0.717, 1.165) is 0 Å². The molecule has 0 spiro atoms. The highest BCUT2D eigenvalue weighted by Gasteiger charge is 2.33. The zero-order valence-corrected chi connectivity index (χ0v) is 11.7. The fourth-order valence-electron chi connectivity index (χ4n) is 1.99. The van der Waals surface area contributed by atoms with Crippen molar-refractivity contribution in [2.75, 3.05) is 32.2 Å². The van der Waals surface area contributed by atoms with E-state index in [1.807, 2.05) is 0 Å². The number of hydrogen-bond acceptors (Lipinski definition) is 5. The van der Waals surface area contributed by atoms with Crippen LogP contribution in [0.2, 0.25) is 0 Å². The van der Waals surface area contributed by atoms with E-state index in [-0.39, 0.29) is 13.2 Å². The predicted molar refractivity (Wildman–Crippen MR) is 75.0 cm³/mol. The van der Waals surface area contributed by atoms with E-state index in [9.17, 15) is 14.7 Å². The minimum Gasteiger partial charge on any atom is -0.495 e. The molecule has 7 heteroatoms. The number of rotatable bonds is 4. The SMILES string of the molecule is COc1ccccc1NC(=O)C(=O)NCC1(O)CCOC1. The van der Waals surface area contributed by atoms with Crippen LogP contribution in [0, 0.1) is 0 Å². The molecule has 1 unspecified atom stereocenters. The predicted octanol–water partition coefficient (Wildman–Crippen LogP) is -0.0987. The van der Waals surface area contributed by atoms with Gasteiger partial charge >= 0.3 is 11.8 Å². The summed E-state index contributed by atoms with van der Waals surface area (Å²) < 4.78 is 10.1. The van der Waals surface area contributed by atoms with Crippen LogP contribution in [0.3, 0.4) is 0 Å². The second-order valence-electron chi connectivity index (χ2n) is 4.86. The third-order valence-corrected chi connectivity index (χ3v) is 3.22. The Hall–Kier alpha value is -2.12. The summed E-state index contributed by atoms with van der Waals surface area (Å²) in [4.78, 5) is 23.5. The Morgan fingerprint density at radius 2 is 2.14 bits per heavy atom. The number of hydrogen-bond donors (Lipinski definition) is 3. The molecule has 1 saturated heterocycles. The lowest BCUT2D eigenvalue weighted by atomic mass is 10.0. The van der Waals surface area contributed by atoms with Gasteiger partial charge in [0, 0.05) is 19.6 Å². The minimum absolute atomic E-state index is 0.0226. The van der Waals surface area contributed by atoms with Crippen LogP contribution in [0.25, 0.3) is 0 Å². The third-order valence-electron chi connectivity index (χ3n) is 3.22. The number of methoxy groups -OCH3 is 1. The molecule has 21 heavy (non-hydrogen) atoms. The number of carbonyl (C=O) groups excluding carboxylic acids is 2. The maximum absolute atomic E-state index is 11.8. The van der Waals surface area contributed by atoms with Gasteiger partial charge in [-0.1, -0.05) is 12.1 Å². The van der Waals surface area contributed by atoms with Crippen LogP contribution < -0.4 is 15.4 Å². The lowest BCUT2D eigenvalue weighted by Crippen LogP contribution is -2.46. The van der Waals surface area contributed by atoms with Crippen molar-refractivity contribution in [3.63, 3.8) is 0 Å². The molecule has 0 aliphatic carbocycles. The number of ether oxygens (including phenoxy) is 2. The molecule has 7 nitrogen and oxygen atoms in total. The fraction of sp³-hybridized carbons (Fsp3) is 0.429. The molecular formula is C14H18N2O5. The van der Waals surface area contributed by atoms with Gasteiger partial charge in [0.15, 0.2) is 0 Å². The van der Waals surface area contributed by atoms with Gasteiger partial charge in [-0.05, 0) is 12.1 Å². The average molecular weight is 294 g/mol. The van der Waals surface area contributed by atoms with Gasteiger partial charge in [0.05, 0.1) is 19.4 Å². The van der Waals surface area contributed by atoms with E-state index in [4.69, 9.17) is 9.47 Å². The number of amides is 2. The van der Waals surface area contributed by atoms with Crippen molar-refractivity contribution < 1.29 is 24.2 Å². The molecule has 1 heterocycles. The molecule has 1 aromatic rings. The smallest absolute Gasteiger partial charge is 0.313 e. The first-order valence-electron chi connectivity index (χ1n) is 6.56. The van der Waals surface area contributed by atoms with Crippen LogP contribution in [0.1, 0.15) is 6.42 Å². The topological polar surface area (TPSA) is 96.9 Å². The molecule has 114 valence electrons. The second kappa shape index (κ2) is 6.55. The van der Waals surface area contributed by atoms with Crippen molar-refractivity contribution in [1.29, 1.82) is 0 Å². The quantitative estimate of drug-likeness (QED) is 0.674. The van der Waals surface area contributed by atoms with Crippen molar-refractivity contribution in [2.45, 2.75) is 12.0 Å². The van der Waals surface area contributed by atoms with Crippen molar-refractivity contribution in [2.24, 2.45) is 0 Å². The number of nitrogens with one attached hydrogen (secondary N) is 2. The normalized spacial score (nSPS) is 20.9. The number of anilines is 1. The van der Waals surface area contributed by atoms with Crippen LogP contribution in [-0.4, -0.2) is 49.4 Å². The molecule has 1 aliphatic heterocycles. The summed E-state index contributed by atoms with van der Waals surface area (Å²) in [6.07, 6.45) is 0.432. The van der Waals surface area contributed by atoms with Gasteiger partial charge in [0.1, 0.15) is 11.4 Å². The molecule has 0 radical (unpaired) electrons. The molecule has 2 amide bonds. The Morgan fingerprint density at radius 3 is 2.81 bits per heavy atom. The molecule has 2 rings (SSSR count). The van der Waals surface area contributed by atoms with Gasteiger partial charge in [-0.3, -0.25) is 9.59 Å². The van der Waals surface area contributed by atoms with Crippen molar-refractivity contribution >= 4 is 17.5 Å². The molecule has 1 aliphatic rings. The number of carbonyl (C=O) groups is 2. The summed E-state index contributed by atoms with van der Waals surface area (Å²) in [6.45, 7) is 0.576. The Balaban J connectivity index is 1.89. The van der Waals surface area contributed by atoms with Gasteiger partial charge in [-0.2, -0.15) is 0 Å². The minimum atomic E-state index is -1.10. The molecule has 1 fully saturated rings. The van der Waals surface area contributed by atoms with Gasteiger partial charge in [-0.15, -0.1) is 0 Å². The molecular weight excluding hydrogens is 276 g/mol. The summed E-state index contributed by atoms with van der Waals surface area (Å²) in [5, 5.41) is 14.9. The summed E-state index contributed by atoms with van der Waals surface area (Å²) in [6, 6.07) is 6.77. The van der Waals surface area contributed by atoms with Gasteiger partial charge < -0.3 is 25.2 Å². The molecule has 3 N–H and O–H groups in total. The largest absolute Gasteiger partial charge is 0.495 e. The van der Waals surface area contributed by atoms with Crippen LogP contribution in [0.5, 0.6) is 5.75 Å². The Kier molecular flexibility index (Phi) is 4.77. The van der Waals surface area contributed by atoms with E-state index >= 15 is 0 Å². The van der Waals surface area contributed by atoms with Crippen LogP contribution >= 0.6 is 0 Å².